The van der Waals surface area contributed by atoms with Crippen LogP contribution in [0.3, 0.4) is 0 Å². The first-order chi connectivity index (χ1) is 12.0. The van der Waals surface area contributed by atoms with Crippen molar-refractivity contribution in [2.24, 2.45) is 0 Å². The van der Waals surface area contributed by atoms with Crippen LogP contribution in [0, 0.1) is 5.82 Å². The number of hydrogen-bond donors (Lipinski definition) is 1. The Kier molecular flexibility index (Phi) is 4.97. The normalized spacial score (nSPS) is 13.6. The van der Waals surface area contributed by atoms with E-state index in [-0.39, 0.29) is 30.3 Å². The summed E-state index contributed by atoms with van der Waals surface area (Å²) in [5.41, 5.74) is 1.47. The molecule has 0 unspecified atom stereocenters. The summed E-state index contributed by atoms with van der Waals surface area (Å²) in [4.78, 5) is 25.4. The maximum atomic E-state index is 13.4. The molecule has 0 saturated carbocycles. The standard InChI is InChI=1S/C19H18FNO4/c20-15-6-7-17-14(11-15)12-21(9-10-25-17)18(22)8-5-13-3-1-2-4-16(13)19(23)24/h1-4,6-7,11H,5,8-10,12H2,(H,23,24). The molecule has 25 heavy (non-hydrogen) atoms. The lowest BCUT2D eigenvalue weighted by molar-refractivity contribution is -0.131. The monoisotopic (exact) mass is 343 g/mol. The zero-order valence-electron chi connectivity index (χ0n) is 13.6. The van der Waals surface area contributed by atoms with Gasteiger partial charge in [0.25, 0.3) is 0 Å². The molecule has 6 heteroatoms. The summed E-state index contributed by atoms with van der Waals surface area (Å²) >= 11 is 0. The van der Waals surface area contributed by atoms with Gasteiger partial charge in [-0.3, -0.25) is 4.79 Å². The molecule has 0 spiro atoms. The van der Waals surface area contributed by atoms with Crippen LogP contribution in [0.15, 0.2) is 42.5 Å². The van der Waals surface area contributed by atoms with Crippen LogP contribution < -0.4 is 4.74 Å². The summed E-state index contributed by atoms with van der Waals surface area (Å²) in [7, 11) is 0. The van der Waals surface area contributed by atoms with Gasteiger partial charge in [-0.1, -0.05) is 18.2 Å². The average molecular weight is 343 g/mol. The predicted molar refractivity (Wildman–Crippen MR) is 89.0 cm³/mol. The van der Waals surface area contributed by atoms with E-state index in [1.165, 1.54) is 18.2 Å². The number of rotatable bonds is 4. The molecular formula is C19H18FNO4. The van der Waals surface area contributed by atoms with Crippen molar-refractivity contribution in [1.82, 2.24) is 4.90 Å². The van der Waals surface area contributed by atoms with Gasteiger partial charge in [0.2, 0.25) is 5.91 Å². The molecule has 130 valence electrons. The third kappa shape index (κ3) is 3.96. The Morgan fingerprint density at radius 1 is 1.20 bits per heavy atom. The number of aryl methyl sites for hydroxylation is 1. The van der Waals surface area contributed by atoms with Crippen LogP contribution in [-0.2, 0) is 17.8 Å². The summed E-state index contributed by atoms with van der Waals surface area (Å²) in [5.74, 6) is -0.892. The molecule has 0 aliphatic carbocycles. The van der Waals surface area contributed by atoms with Gasteiger partial charge in [-0.25, -0.2) is 9.18 Å². The van der Waals surface area contributed by atoms with Gasteiger partial charge in [-0.15, -0.1) is 0 Å². The Morgan fingerprint density at radius 2 is 2.00 bits per heavy atom. The van der Waals surface area contributed by atoms with E-state index in [1.807, 2.05) is 0 Å². The number of nitrogens with zero attached hydrogens (tertiary/aromatic N) is 1. The Bertz CT molecular complexity index is 806. The molecule has 0 atom stereocenters. The van der Waals surface area contributed by atoms with Crippen LogP contribution in [-0.4, -0.2) is 35.0 Å². The van der Waals surface area contributed by atoms with Crippen LogP contribution in [0.2, 0.25) is 0 Å². The van der Waals surface area contributed by atoms with Gasteiger partial charge in [0.1, 0.15) is 18.2 Å². The molecule has 2 aromatic rings. The van der Waals surface area contributed by atoms with Crippen LogP contribution >= 0.6 is 0 Å². The number of carboxylic acids is 1. The van der Waals surface area contributed by atoms with E-state index in [4.69, 9.17) is 4.74 Å². The van der Waals surface area contributed by atoms with E-state index < -0.39 is 5.97 Å². The molecule has 0 bridgehead atoms. The van der Waals surface area contributed by atoms with Crippen molar-refractivity contribution in [3.8, 4) is 5.75 Å². The Morgan fingerprint density at radius 3 is 2.80 bits per heavy atom. The number of carbonyl (C=O) groups is 2. The fourth-order valence-corrected chi connectivity index (χ4v) is 2.92. The summed E-state index contributed by atoms with van der Waals surface area (Å²) in [6.07, 6.45) is 0.531. The van der Waals surface area contributed by atoms with E-state index in [0.717, 1.165) is 0 Å². The van der Waals surface area contributed by atoms with Crippen LogP contribution in [0.4, 0.5) is 4.39 Å². The second kappa shape index (κ2) is 7.34. The number of carbonyl (C=O) groups excluding carboxylic acids is 1. The smallest absolute Gasteiger partial charge is 0.335 e. The first kappa shape index (κ1) is 17.0. The summed E-state index contributed by atoms with van der Waals surface area (Å²) in [6, 6.07) is 10.9. The number of aromatic carboxylic acids is 1. The Labute approximate surface area is 144 Å². The van der Waals surface area contributed by atoms with Gasteiger partial charge in [0.15, 0.2) is 0 Å². The second-order valence-electron chi connectivity index (χ2n) is 5.88. The Hall–Kier alpha value is -2.89. The fraction of sp³-hybridized carbons (Fsp3) is 0.263. The SMILES string of the molecule is O=C(O)c1ccccc1CCC(=O)N1CCOc2ccc(F)cc2C1. The molecule has 0 fully saturated rings. The first-order valence-electron chi connectivity index (χ1n) is 8.05. The lowest BCUT2D eigenvalue weighted by Gasteiger charge is -2.20. The van der Waals surface area contributed by atoms with Gasteiger partial charge >= 0.3 is 5.97 Å². The van der Waals surface area contributed by atoms with Crippen molar-refractivity contribution < 1.29 is 23.8 Å². The minimum atomic E-state index is -1.00. The number of hydrogen-bond acceptors (Lipinski definition) is 3. The number of carboxylic acid groups (broad SMARTS) is 1. The largest absolute Gasteiger partial charge is 0.491 e. The van der Waals surface area contributed by atoms with Gasteiger partial charge in [0.05, 0.1) is 12.1 Å². The highest BCUT2D eigenvalue weighted by molar-refractivity contribution is 5.89. The quantitative estimate of drug-likeness (QED) is 0.927. The maximum Gasteiger partial charge on any atom is 0.335 e. The summed E-state index contributed by atoms with van der Waals surface area (Å²) < 4.78 is 19.0. The molecule has 1 heterocycles. The minimum absolute atomic E-state index is 0.110. The van der Waals surface area contributed by atoms with Crippen molar-refractivity contribution in [3.05, 3.63) is 65.0 Å². The maximum absolute atomic E-state index is 13.4. The summed E-state index contributed by atoms with van der Waals surface area (Å²) in [5, 5.41) is 9.20. The minimum Gasteiger partial charge on any atom is -0.491 e. The molecule has 0 radical (unpaired) electrons. The lowest BCUT2D eigenvalue weighted by atomic mass is 10.0. The van der Waals surface area contributed by atoms with E-state index in [2.05, 4.69) is 0 Å². The average Bonchev–Trinajstić information content (AvgIpc) is 2.81. The highest BCUT2D eigenvalue weighted by atomic mass is 19.1. The molecule has 3 rings (SSSR count). The van der Waals surface area contributed by atoms with Crippen molar-refractivity contribution >= 4 is 11.9 Å². The zero-order chi connectivity index (χ0) is 17.8. The molecule has 0 aromatic heterocycles. The molecule has 5 nitrogen and oxygen atoms in total. The van der Waals surface area contributed by atoms with E-state index in [1.54, 1.807) is 29.2 Å². The van der Waals surface area contributed by atoms with E-state index in [0.29, 0.717) is 36.4 Å². The molecule has 1 amide bonds. The van der Waals surface area contributed by atoms with Crippen LogP contribution in [0.25, 0.3) is 0 Å². The number of fused-ring (bicyclic) bond motifs is 1. The molecule has 0 saturated heterocycles. The fourth-order valence-electron chi connectivity index (χ4n) is 2.92. The molecular weight excluding hydrogens is 325 g/mol. The highest BCUT2D eigenvalue weighted by Crippen LogP contribution is 2.24. The van der Waals surface area contributed by atoms with Gasteiger partial charge in [-0.05, 0) is 36.2 Å². The Balaban J connectivity index is 1.69. The topological polar surface area (TPSA) is 66.8 Å². The van der Waals surface area contributed by atoms with Crippen molar-refractivity contribution in [3.63, 3.8) is 0 Å². The van der Waals surface area contributed by atoms with Gasteiger partial charge < -0.3 is 14.7 Å². The number of amides is 1. The zero-order valence-corrected chi connectivity index (χ0v) is 13.6. The first-order valence-corrected chi connectivity index (χ1v) is 8.05. The van der Waals surface area contributed by atoms with Gasteiger partial charge in [-0.2, -0.15) is 0 Å². The van der Waals surface area contributed by atoms with E-state index >= 15 is 0 Å². The lowest BCUT2D eigenvalue weighted by Crippen LogP contribution is -2.32. The van der Waals surface area contributed by atoms with Crippen LogP contribution in [0.1, 0.15) is 27.9 Å². The molecule has 1 aliphatic rings. The van der Waals surface area contributed by atoms with Crippen molar-refractivity contribution in [2.75, 3.05) is 13.2 Å². The predicted octanol–water partition coefficient (Wildman–Crippen LogP) is 2.88. The second-order valence-corrected chi connectivity index (χ2v) is 5.88. The third-order valence-electron chi connectivity index (χ3n) is 4.21. The third-order valence-corrected chi connectivity index (χ3v) is 4.21. The molecule has 1 N–H and O–H groups in total. The number of benzene rings is 2. The number of ether oxygens (including phenoxy) is 1. The molecule has 1 aliphatic heterocycles. The highest BCUT2D eigenvalue weighted by Gasteiger charge is 2.20. The van der Waals surface area contributed by atoms with E-state index in [9.17, 15) is 19.1 Å². The molecule has 2 aromatic carbocycles. The van der Waals surface area contributed by atoms with Crippen molar-refractivity contribution in [1.29, 1.82) is 0 Å². The van der Waals surface area contributed by atoms with Crippen molar-refractivity contribution in [2.45, 2.75) is 19.4 Å². The van der Waals surface area contributed by atoms with Gasteiger partial charge in [0, 0.05) is 18.5 Å². The summed E-state index contributed by atoms with van der Waals surface area (Å²) in [6.45, 7) is 1.04. The van der Waals surface area contributed by atoms with Crippen LogP contribution in [0.5, 0.6) is 5.75 Å². The number of halogens is 1.